The van der Waals surface area contributed by atoms with E-state index in [4.69, 9.17) is 4.89 Å². The van der Waals surface area contributed by atoms with Crippen molar-refractivity contribution in [1.82, 2.24) is 0 Å². The van der Waals surface area contributed by atoms with Crippen LogP contribution in [0.3, 0.4) is 0 Å². The lowest BCUT2D eigenvalue weighted by Gasteiger charge is -2.07. The molecule has 11 heavy (non-hydrogen) atoms. The van der Waals surface area contributed by atoms with Gasteiger partial charge in [-0.3, -0.25) is 4.52 Å². The Kier molecular flexibility index (Phi) is 6.28. The van der Waals surface area contributed by atoms with Gasteiger partial charge in [0.1, 0.15) is 0 Å². The summed E-state index contributed by atoms with van der Waals surface area (Å²) in [6, 6.07) is 0. The van der Waals surface area contributed by atoms with Crippen molar-refractivity contribution in [2.24, 2.45) is 0 Å². The van der Waals surface area contributed by atoms with Crippen LogP contribution in [0.15, 0.2) is 0 Å². The smallest absolute Gasteiger partial charge is 0.302 e. The first-order valence-electron chi connectivity index (χ1n) is 3.41. The predicted molar refractivity (Wildman–Crippen MR) is 45.3 cm³/mol. The highest BCUT2D eigenvalue weighted by molar-refractivity contribution is 7.97. The molecule has 0 saturated heterocycles. The standard InChI is InChI=1S/C5H13O4PS/c1-3-5-11-9-10(6,7)8-4-2/h3-5H2,1-2H3,(H,6,7). The van der Waals surface area contributed by atoms with Crippen LogP contribution in [0.25, 0.3) is 0 Å². The zero-order valence-electron chi connectivity index (χ0n) is 6.65. The van der Waals surface area contributed by atoms with E-state index in [0.717, 1.165) is 18.5 Å². The van der Waals surface area contributed by atoms with Crippen LogP contribution in [0.2, 0.25) is 0 Å². The van der Waals surface area contributed by atoms with Gasteiger partial charge >= 0.3 is 7.82 Å². The second-order valence-electron chi connectivity index (χ2n) is 1.78. The fourth-order valence-corrected chi connectivity index (χ4v) is 1.87. The van der Waals surface area contributed by atoms with Crippen LogP contribution in [-0.2, 0) is 13.1 Å². The van der Waals surface area contributed by atoms with Gasteiger partial charge in [-0.05, 0) is 13.3 Å². The fraction of sp³-hybridized carbons (Fsp3) is 1.00. The Labute approximate surface area is 71.1 Å². The molecule has 0 saturated carbocycles. The monoisotopic (exact) mass is 200 g/mol. The van der Waals surface area contributed by atoms with E-state index in [-0.39, 0.29) is 6.61 Å². The van der Waals surface area contributed by atoms with Crippen LogP contribution in [0, 0.1) is 0 Å². The lowest BCUT2D eigenvalue weighted by molar-refractivity contribution is 0.222. The molecule has 0 aliphatic rings. The van der Waals surface area contributed by atoms with Crippen molar-refractivity contribution in [3.05, 3.63) is 0 Å². The van der Waals surface area contributed by atoms with E-state index in [1.807, 2.05) is 6.92 Å². The van der Waals surface area contributed by atoms with E-state index in [0.29, 0.717) is 5.75 Å². The quantitative estimate of drug-likeness (QED) is 0.404. The van der Waals surface area contributed by atoms with Crippen LogP contribution in [0.5, 0.6) is 0 Å². The third-order valence-electron chi connectivity index (χ3n) is 0.727. The average Bonchev–Trinajstić information content (AvgIpc) is 1.87. The summed E-state index contributed by atoms with van der Waals surface area (Å²) in [7, 11) is -3.76. The molecule has 0 rings (SSSR count). The van der Waals surface area contributed by atoms with Crippen molar-refractivity contribution in [2.75, 3.05) is 12.4 Å². The second kappa shape index (κ2) is 6.03. The first kappa shape index (κ1) is 11.5. The molecule has 0 fully saturated rings. The largest absolute Gasteiger partial charge is 0.483 e. The Morgan fingerprint density at radius 1 is 1.55 bits per heavy atom. The Balaban J connectivity index is 3.47. The van der Waals surface area contributed by atoms with E-state index in [1.165, 1.54) is 0 Å². The molecule has 6 heteroatoms. The Morgan fingerprint density at radius 2 is 2.18 bits per heavy atom. The SMILES string of the molecule is CCCSOP(=O)(O)OCC. The van der Waals surface area contributed by atoms with Crippen molar-refractivity contribution in [2.45, 2.75) is 20.3 Å². The molecule has 68 valence electrons. The Morgan fingerprint density at radius 3 is 2.64 bits per heavy atom. The molecule has 1 unspecified atom stereocenters. The zero-order valence-corrected chi connectivity index (χ0v) is 8.36. The minimum absolute atomic E-state index is 0.181. The van der Waals surface area contributed by atoms with Crippen LogP contribution < -0.4 is 0 Å². The maximum atomic E-state index is 10.8. The maximum Gasteiger partial charge on any atom is 0.483 e. The highest BCUT2D eigenvalue weighted by Crippen LogP contribution is 2.46. The van der Waals surface area contributed by atoms with Crippen molar-refractivity contribution in [3.8, 4) is 0 Å². The topological polar surface area (TPSA) is 55.8 Å². The van der Waals surface area contributed by atoms with Gasteiger partial charge in [0.2, 0.25) is 0 Å². The van der Waals surface area contributed by atoms with Crippen LogP contribution >= 0.6 is 19.9 Å². The summed E-state index contributed by atoms with van der Waals surface area (Å²) in [6.07, 6.45) is 0.900. The minimum atomic E-state index is -3.76. The molecule has 0 aliphatic heterocycles. The third-order valence-corrected chi connectivity index (χ3v) is 3.06. The molecular weight excluding hydrogens is 187 g/mol. The van der Waals surface area contributed by atoms with Crippen LogP contribution in [0.1, 0.15) is 20.3 Å². The Hall–Kier alpha value is 0.460. The van der Waals surface area contributed by atoms with Gasteiger partial charge in [-0.2, -0.15) is 0 Å². The van der Waals surface area contributed by atoms with E-state index in [2.05, 4.69) is 8.49 Å². The van der Waals surface area contributed by atoms with Crippen molar-refractivity contribution in [3.63, 3.8) is 0 Å². The minimum Gasteiger partial charge on any atom is -0.302 e. The molecule has 0 heterocycles. The van der Waals surface area contributed by atoms with Gasteiger partial charge in [0.25, 0.3) is 0 Å². The summed E-state index contributed by atoms with van der Waals surface area (Å²) >= 11 is 0.962. The lowest BCUT2D eigenvalue weighted by atomic mass is 10.6. The summed E-state index contributed by atoms with van der Waals surface area (Å²) in [5.41, 5.74) is 0. The molecule has 0 aromatic heterocycles. The normalized spacial score (nSPS) is 16.3. The van der Waals surface area contributed by atoms with E-state index < -0.39 is 7.82 Å². The molecular formula is C5H13O4PS. The van der Waals surface area contributed by atoms with Gasteiger partial charge in [-0.25, -0.2) is 8.54 Å². The number of rotatable bonds is 6. The van der Waals surface area contributed by atoms with Gasteiger partial charge in [-0.1, -0.05) is 6.92 Å². The average molecular weight is 200 g/mol. The van der Waals surface area contributed by atoms with Crippen molar-refractivity contribution in [1.29, 1.82) is 0 Å². The number of hydrogen-bond donors (Lipinski definition) is 1. The summed E-state index contributed by atoms with van der Waals surface area (Å²) in [5.74, 6) is 0.692. The summed E-state index contributed by atoms with van der Waals surface area (Å²) in [6.45, 7) is 3.77. The molecule has 0 aliphatic carbocycles. The van der Waals surface area contributed by atoms with Gasteiger partial charge in [-0.15, -0.1) is 0 Å². The van der Waals surface area contributed by atoms with Gasteiger partial charge in [0.15, 0.2) is 0 Å². The van der Waals surface area contributed by atoms with E-state index >= 15 is 0 Å². The van der Waals surface area contributed by atoms with Gasteiger partial charge in [0.05, 0.1) is 6.61 Å². The maximum absolute atomic E-state index is 10.8. The first-order valence-corrected chi connectivity index (χ1v) is 5.81. The molecule has 0 bridgehead atoms. The van der Waals surface area contributed by atoms with Gasteiger partial charge < -0.3 is 4.89 Å². The summed E-state index contributed by atoms with van der Waals surface area (Å²) in [4.78, 5) is 8.83. The van der Waals surface area contributed by atoms with Gasteiger partial charge in [0, 0.05) is 17.8 Å². The highest BCUT2D eigenvalue weighted by Gasteiger charge is 2.19. The zero-order chi connectivity index (χ0) is 8.74. The Bertz CT molecular complexity index is 140. The lowest BCUT2D eigenvalue weighted by Crippen LogP contribution is -1.89. The molecule has 0 aromatic rings. The molecule has 0 spiro atoms. The molecule has 0 radical (unpaired) electrons. The van der Waals surface area contributed by atoms with Crippen LogP contribution in [-0.4, -0.2) is 17.3 Å². The molecule has 0 aromatic carbocycles. The highest BCUT2D eigenvalue weighted by atomic mass is 32.2. The molecule has 0 amide bonds. The fourth-order valence-electron chi connectivity index (χ4n) is 0.372. The van der Waals surface area contributed by atoms with Crippen LogP contribution in [0.4, 0.5) is 0 Å². The molecule has 1 N–H and O–H groups in total. The third kappa shape index (κ3) is 6.84. The summed E-state index contributed by atoms with van der Waals surface area (Å²) in [5, 5.41) is 0. The first-order chi connectivity index (χ1) is 5.12. The molecule has 4 nitrogen and oxygen atoms in total. The number of phosphoric ester groups is 1. The van der Waals surface area contributed by atoms with E-state index in [9.17, 15) is 4.57 Å². The second-order valence-corrected chi connectivity index (χ2v) is 4.22. The number of phosphoric acid groups is 1. The number of hydrogen-bond acceptors (Lipinski definition) is 4. The molecule has 1 atom stereocenters. The summed E-state index contributed by atoms with van der Waals surface area (Å²) < 4.78 is 19.7. The van der Waals surface area contributed by atoms with Crippen molar-refractivity contribution < 1.29 is 18.0 Å². The van der Waals surface area contributed by atoms with Crippen molar-refractivity contribution >= 4 is 19.9 Å². The van der Waals surface area contributed by atoms with E-state index in [1.54, 1.807) is 6.92 Å². The predicted octanol–water partition coefficient (Wildman–Crippen LogP) is 2.20.